The molecule has 2 rings (SSSR count). The maximum Gasteiger partial charge on any atom is 0.165 e. The summed E-state index contributed by atoms with van der Waals surface area (Å²) < 4.78 is 23.7. The van der Waals surface area contributed by atoms with Gasteiger partial charge >= 0.3 is 0 Å². The van der Waals surface area contributed by atoms with Gasteiger partial charge in [-0.25, -0.2) is 4.39 Å². The summed E-state index contributed by atoms with van der Waals surface area (Å²) in [6.07, 6.45) is 5.26. The maximum atomic E-state index is 13.7. The lowest BCUT2D eigenvalue weighted by Gasteiger charge is -2.06. The second-order valence-corrected chi connectivity index (χ2v) is 3.38. The predicted molar refractivity (Wildman–Crippen MR) is 61.4 cm³/mol. The summed E-state index contributed by atoms with van der Waals surface area (Å²) in [5.74, 6) is 2.08. The smallest absolute Gasteiger partial charge is 0.165 e. The predicted octanol–water partition coefficient (Wildman–Crippen LogP) is 1.71. The van der Waals surface area contributed by atoms with Crippen molar-refractivity contribution in [3.8, 4) is 18.1 Å². The highest BCUT2D eigenvalue weighted by molar-refractivity contribution is 5.85. The van der Waals surface area contributed by atoms with Crippen LogP contribution in [0.25, 0.3) is 10.9 Å². The molecule has 5 heteroatoms. The van der Waals surface area contributed by atoms with E-state index >= 15 is 0 Å². The number of aromatic nitrogens is 2. The summed E-state index contributed by atoms with van der Waals surface area (Å²) in [6.45, 7) is 0.680. The number of fused-ring (bicyclic) bond motifs is 1. The van der Waals surface area contributed by atoms with Crippen LogP contribution < -0.4 is 4.74 Å². The van der Waals surface area contributed by atoms with Crippen molar-refractivity contribution in [2.75, 3.05) is 20.3 Å². The quantitative estimate of drug-likeness (QED) is 0.647. The van der Waals surface area contributed by atoms with Crippen LogP contribution in [0.15, 0.2) is 12.1 Å². The Bertz CT molecular complexity index is 572. The van der Waals surface area contributed by atoms with Crippen LogP contribution in [0, 0.1) is 18.2 Å². The summed E-state index contributed by atoms with van der Waals surface area (Å²) in [5, 5.41) is 7.20. The van der Waals surface area contributed by atoms with E-state index in [9.17, 15) is 4.39 Å². The Morgan fingerprint density at radius 2 is 2.29 bits per heavy atom. The molecule has 0 fully saturated rings. The number of nitrogens with zero attached hydrogens (tertiary/aromatic N) is 1. The minimum Gasteiger partial charge on any atom is -0.488 e. The number of hydrogen-bond donors (Lipinski definition) is 1. The van der Waals surface area contributed by atoms with Crippen LogP contribution in [-0.2, 0) is 4.74 Å². The van der Waals surface area contributed by atoms with E-state index in [4.69, 9.17) is 15.9 Å². The van der Waals surface area contributed by atoms with Crippen molar-refractivity contribution in [1.82, 2.24) is 10.2 Å². The van der Waals surface area contributed by atoms with Gasteiger partial charge in [-0.05, 0) is 6.07 Å². The molecule has 0 saturated carbocycles. The molecule has 0 amide bonds. The van der Waals surface area contributed by atoms with Crippen LogP contribution >= 0.6 is 0 Å². The van der Waals surface area contributed by atoms with Crippen molar-refractivity contribution >= 4 is 10.9 Å². The Hall–Kier alpha value is -2.06. The largest absolute Gasteiger partial charge is 0.488 e. The van der Waals surface area contributed by atoms with Gasteiger partial charge in [0.05, 0.1) is 12.1 Å². The van der Waals surface area contributed by atoms with Crippen LogP contribution in [0.3, 0.4) is 0 Å². The molecule has 0 aliphatic carbocycles. The highest BCUT2D eigenvalue weighted by atomic mass is 19.1. The number of hydrogen-bond acceptors (Lipinski definition) is 3. The summed E-state index contributed by atoms with van der Waals surface area (Å²) in [5.41, 5.74) is 1.04. The number of methoxy groups -OCH3 is 1. The van der Waals surface area contributed by atoms with E-state index in [0.717, 1.165) is 0 Å². The molecule has 0 spiro atoms. The Morgan fingerprint density at radius 1 is 1.47 bits per heavy atom. The summed E-state index contributed by atoms with van der Waals surface area (Å²) in [4.78, 5) is 0. The van der Waals surface area contributed by atoms with Gasteiger partial charge in [0.25, 0.3) is 0 Å². The number of nitrogens with one attached hydrogen (secondary N) is 1. The number of ether oxygens (including phenoxy) is 2. The normalized spacial score (nSPS) is 10.4. The first kappa shape index (κ1) is 11.4. The van der Waals surface area contributed by atoms with Gasteiger partial charge in [-0.1, -0.05) is 5.92 Å². The molecule has 88 valence electrons. The van der Waals surface area contributed by atoms with Crippen molar-refractivity contribution in [3.05, 3.63) is 23.6 Å². The fourth-order valence-electron chi connectivity index (χ4n) is 1.47. The molecule has 0 bridgehead atoms. The molecule has 0 saturated heterocycles. The standard InChI is InChI=1S/C12H11FN2O2/c1-3-10-8-6-9(13)12(17-5-4-16-2)7-11(8)15-14-10/h1,6-7H,4-5H2,2H3,(H,14,15). The van der Waals surface area contributed by atoms with E-state index in [2.05, 4.69) is 16.1 Å². The summed E-state index contributed by atoms with van der Waals surface area (Å²) >= 11 is 0. The van der Waals surface area contributed by atoms with Crippen LogP contribution in [0.2, 0.25) is 0 Å². The van der Waals surface area contributed by atoms with Crippen molar-refractivity contribution in [2.45, 2.75) is 0 Å². The van der Waals surface area contributed by atoms with Gasteiger partial charge in [-0.15, -0.1) is 6.42 Å². The number of halogens is 1. The number of aromatic amines is 1. The molecule has 17 heavy (non-hydrogen) atoms. The molecule has 4 nitrogen and oxygen atoms in total. The third-order valence-electron chi connectivity index (χ3n) is 2.30. The van der Waals surface area contributed by atoms with Crippen molar-refractivity contribution in [3.63, 3.8) is 0 Å². The van der Waals surface area contributed by atoms with Gasteiger partial charge in [-0.2, -0.15) is 5.10 Å². The Labute approximate surface area is 97.7 Å². The fourth-order valence-corrected chi connectivity index (χ4v) is 1.47. The van der Waals surface area contributed by atoms with Crippen molar-refractivity contribution in [2.24, 2.45) is 0 Å². The summed E-state index contributed by atoms with van der Waals surface area (Å²) in [7, 11) is 1.55. The first-order valence-corrected chi connectivity index (χ1v) is 5.02. The number of benzene rings is 1. The lowest BCUT2D eigenvalue weighted by molar-refractivity contribution is 0.144. The molecule has 0 unspecified atom stereocenters. The molecule has 0 radical (unpaired) electrons. The molecule has 0 atom stereocenters. The topological polar surface area (TPSA) is 47.1 Å². The summed E-state index contributed by atoms with van der Waals surface area (Å²) in [6, 6.07) is 2.83. The van der Waals surface area contributed by atoms with E-state index in [1.165, 1.54) is 12.1 Å². The molecule has 1 heterocycles. The van der Waals surface area contributed by atoms with E-state index in [-0.39, 0.29) is 12.4 Å². The first-order chi connectivity index (χ1) is 8.26. The minimum absolute atomic E-state index is 0.143. The molecule has 0 aliphatic heterocycles. The monoisotopic (exact) mass is 234 g/mol. The van der Waals surface area contributed by atoms with E-state index in [0.29, 0.717) is 23.2 Å². The number of rotatable bonds is 4. The molecule has 1 aromatic carbocycles. The van der Waals surface area contributed by atoms with Gasteiger partial charge < -0.3 is 9.47 Å². The Kier molecular flexibility index (Phi) is 3.26. The molecule has 1 aromatic heterocycles. The first-order valence-electron chi connectivity index (χ1n) is 5.02. The number of H-pyrrole nitrogens is 1. The molecular weight excluding hydrogens is 223 g/mol. The third-order valence-corrected chi connectivity index (χ3v) is 2.30. The minimum atomic E-state index is -0.466. The van der Waals surface area contributed by atoms with Crippen LogP contribution in [0.1, 0.15) is 5.69 Å². The van der Waals surface area contributed by atoms with Crippen LogP contribution in [0.5, 0.6) is 5.75 Å². The third kappa shape index (κ3) is 2.22. The highest BCUT2D eigenvalue weighted by Crippen LogP contribution is 2.25. The number of terminal acetylenes is 1. The Morgan fingerprint density at radius 3 is 3.00 bits per heavy atom. The lowest BCUT2D eigenvalue weighted by Crippen LogP contribution is -2.05. The van der Waals surface area contributed by atoms with Crippen LogP contribution in [0.4, 0.5) is 4.39 Å². The Balaban J connectivity index is 2.33. The molecular formula is C12H11FN2O2. The SMILES string of the molecule is C#Cc1[nH]nc2cc(OCCOC)c(F)cc12. The lowest BCUT2D eigenvalue weighted by atomic mass is 10.2. The second kappa shape index (κ2) is 4.85. The van der Waals surface area contributed by atoms with Gasteiger partial charge in [0, 0.05) is 18.6 Å². The molecule has 0 aliphatic rings. The zero-order chi connectivity index (χ0) is 12.3. The van der Waals surface area contributed by atoms with Gasteiger partial charge in [-0.3, -0.25) is 5.10 Å². The zero-order valence-corrected chi connectivity index (χ0v) is 9.29. The fraction of sp³-hybridized carbons (Fsp3) is 0.250. The van der Waals surface area contributed by atoms with E-state index in [1.54, 1.807) is 7.11 Å². The second-order valence-electron chi connectivity index (χ2n) is 3.38. The van der Waals surface area contributed by atoms with E-state index in [1.807, 2.05) is 0 Å². The van der Waals surface area contributed by atoms with E-state index < -0.39 is 5.82 Å². The maximum absolute atomic E-state index is 13.7. The van der Waals surface area contributed by atoms with Gasteiger partial charge in [0.15, 0.2) is 11.6 Å². The zero-order valence-electron chi connectivity index (χ0n) is 9.29. The highest BCUT2D eigenvalue weighted by Gasteiger charge is 2.10. The molecule has 1 N–H and O–H groups in total. The van der Waals surface area contributed by atoms with Crippen LogP contribution in [-0.4, -0.2) is 30.5 Å². The average Bonchev–Trinajstić information content (AvgIpc) is 2.71. The van der Waals surface area contributed by atoms with Crippen molar-refractivity contribution in [1.29, 1.82) is 0 Å². The molecule has 2 aromatic rings. The van der Waals surface area contributed by atoms with Crippen molar-refractivity contribution < 1.29 is 13.9 Å². The average molecular weight is 234 g/mol. The van der Waals surface area contributed by atoms with Gasteiger partial charge in [0.1, 0.15) is 12.3 Å². The van der Waals surface area contributed by atoms with Gasteiger partial charge in [0.2, 0.25) is 0 Å².